The SMILES string of the molecule is CC(C)C(NS(=O)(=O)c1ccc(F)cc1)C(=O)CC1CNC(=O)C1=O. The molecule has 7 nitrogen and oxygen atoms in total. The van der Waals surface area contributed by atoms with Gasteiger partial charge in [-0.3, -0.25) is 14.4 Å². The zero-order valence-electron chi connectivity index (χ0n) is 13.8. The Balaban J connectivity index is 2.14. The number of Topliss-reactive ketones (excluding diaryl/α,β-unsaturated/α-hetero) is 2. The number of nitrogens with one attached hydrogen (secondary N) is 2. The number of hydrogen-bond donors (Lipinski definition) is 2. The smallest absolute Gasteiger partial charge is 0.287 e. The van der Waals surface area contributed by atoms with E-state index < -0.39 is 45.3 Å². The molecule has 25 heavy (non-hydrogen) atoms. The predicted octanol–water partition coefficient (Wildman–Crippen LogP) is 0.403. The van der Waals surface area contributed by atoms with Gasteiger partial charge in [0.25, 0.3) is 5.91 Å². The first-order valence-electron chi connectivity index (χ1n) is 7.74. The topological polar surface area (TPSA) is 109 Å². The maximum Gasteiger partial charge on any atom is 0.287 e. The first-order valence-corrected chi connectivity index (χ1v) is 9.23. The number of benzene rings is 1. The van der Waals surface area contributed by atoms with E-state index >= 15 is 0 Å². The van der Waals surface area contributed by atoms with Gasteiger partial charge in [-0.15, -0.1) is 0 Å². The summed E-state index contributed by atoms with van der Waals surface area (Å²) in [6.07, 6.45) is -0.230. The van der Waals surface area contributed by atoms with Gasteiger partial charge in [0.1, 0.15) is 5.82 Å². The third-order valence-electron chi connectivity index (χ3n) is 3.97. The predicted molar refractivity (Wildman–Crippen MR) is 86.5 cm³/mol. The van der Waals surface area contributed by atoms with Crippen LogP contribution in [0, 0.1) is 17.7 Å². The quantitative estimate of drug-likeness (QED) is 0.676. The lowest BCUT2D eigenvalue weighted by Gasteiger charge is -2.22. The van der Waals surface area contributed by atoms with Crippen molar-refractivity contribution in [3.05, 3.63) is 30.1 Å². The number of halogens is 1. The average molecular weight is 370 g/mol. The number of rotatable bonds is 7. The minimum Gasteiger partial charge on any atom is -0.349 e. The monoisotopic (exact) mass is 370 g/mol. The van der Waals surface area contributed by atoms with Crippen LogP contribution in [-0.2, 0) is 24.4 Å². The van der Waals surface area contributed by atoms with Crippen molar-refractivity contribution in [1.29, 1.82) is 0 Å². The Morgan fingerprint density at radius 3 is 2.36 bits per heavy atom. The first-order chi connectivity index (χ1) is 11.6. The lowest BCUT2D eigenvalue weighted by atomic mass is 9.92. The second-order valence-corrected chi connectivity index (χ2v) is 7.95. The van der Waals surface area contributed by atoms with Crippen LogP contribution in [0.3, 0.4) is 0 Å². The van der Waals surface area contributed by atoms with Gasteiger partial charge in [-0.2, -0.15) is 0 Å². The summed E-state index contributed by atoms with van der Waals surface area (Å²) in [6.45, 7) is 3.39. The van der Waals surface area contributed by atoms with E-state index in [0.29, 0.717) is 0 Å². The molecule has 136 valence electrons. The average Bonchev–Trinajstić information content (AvgIpc) is 2.85. The lowest BCUT2D eigenvalue weighted by Crippen LogP contribution is -2.45. The van der Waals surface area contributed by atoms with Gasteiger partial charge in [0.05, 0.1) is 16.9 Å². The fourth-order valence-corrected chi connectivity index (χ4v) is 3.91. The maximum atomic E-state index is 13.0. The summed E-state index contributed by atoms with van der Waals surface area (Å²) in [5.74, 6) is -3.61. The summed E-state index contributed by atoms with van der Waals surface area (Å²) in [5, 5.41) is 2.36. The van der Waals surface area contributed by atoms with Crippen molar-refractivity contribution >= 4 is 27.5 Å². The molecule has 2 atom stereocenters. The van der Waals surface area contributed by atoms with Crippen molar-refractivity contribution in [2.45, 2.75) is 31.2 Å². The summed E-state index contributed by atoms with van der Waals surface area (Å²) in [6, 6.07) is 3.16. The molecular weight excluding hydrogens is 351 g/mol. The van der Waals surface area contributed by atoms with Crippen molar-refractivity contribution in [3.63, 3.8) is 0 Å². The van der Waals surface area contributed by atoms with Crippen LogP contribution in [0.5, 0.6) is 0 Å². The molecule has 0 aromatic heterocycles. The van der Waals surface area contributed by atoms with Gasteiger partial charge in [0.15, 0.2) is 5.78 Å². The second kappa shape index (κ2) is 7.40. The molecule has 0 saturated carbocycles. The summed E-state index contributed by atoms with van der Waals surface area (Å²) in [5.41, 5.74) is 0. The molecule has 1 saturated heterocycles. The molecule has 0 spiro atoms. The number of sulfonamides is 1. The number of hydrogen-bond acceptors (Lipinski definition) is 5. The van der Waals surface area contributed by atoms with Crippen LogP contribution < -0.4 is 10.0 Å². The van der Waals surface area contributed by atoms with Gasteiger partial charge in [-0.05, 0) is 30.2 Å². The van der Waals surface area contributed by atoms with Crippen LogP contribution >= 0.6 is 0 Å². The molecule has 1 fully saturated rings. The van der Waals surface area contributed by atoms with E-state index in [1.165, 1.54) is 0 Å². The highest BCUT2D eigenvalue weighted by Gasteiger charge is 2.37. The molecule has 2 unspecified atom stereocenters. The van der Waals surface area contributed by atoms with E-state index in [1.807, 2.05) is 0 Å². The Bertz CT molecular complexity index is 789. The summed E-state index contributed by atoms with van der Waals surface area (Å²) in [4.78, 5) is 35.1. The molecule has 0 bridgehead atoms. The summed E-state index contributed by atoms with van der Waals surface area (Å²) in [7, 11) is -4.03. The first kappa shape index (κ1) is 19.2. The van der Waals surface area contributed by atoms with Gasteiger partial charge >= 0.3 is 0 Å². The Morgan fingerprint density at radius 2 is 1.88 bits per heavy atom. The minimum atomic E-state index is -4.03. The van der Waals surface area contributed by atoms with E-state index in [0.717, 1.165) is 24.3 Å². The zero-order chi connectivity index (χ0) is 18.8. The van der Waals surface area contributed by atoms with Crippen LogP contribution in [0.1, 0.15) is 20.3 Å². The molecule has 1 aliphatic heterocycles. The lowest BCUT2D eigenvalue weighted by molar-refractivity contribution is -0.137. The number of amides is 1. The van der Waals surface area contributed by atoms with E-state index in [1.54, 1.807) is 13.8 Å². The number of carbonyl (C=O) groups is 3. The maximum absolute atomic E-state index is 13.0. The fraction of sp³-hybridized carbons (Fsp3) is 0.438. The molecule has 1 aromatic rings. The molecule has 0 aliphatic carbocycles. The Morgan fingerprint density at radius 1 is 1.28 bits per heavy atom. The standard InChI is InChI=1S/C16H19FN2O5S/c1-9(2)14(13(20)7-10-8-18-16(22)15(10)21)19-25(23,24)12-5-3-11(17)4-6-12/h3-6,9-10,14,19H,7-8H2,1-2H3,(H,18,22). The van der Waals surface area contributed by atoms with Crippen molar-refractivity contribution in [2.75, 3.05) is 6.54 Å². The van der Waals surface area contributed by atoms with Gasteiger partial charge < -0.3 is 5.32 Å². The molecule has 1 aliphatic rings. The molecule has 2 rings (SSSR count). The summed E-state index contributed by atoms with van der Waals surface area (Å²) >= 11 is 0. The van der Waals surface area contributed by atoms with E-state index in [4.69, 9.17) is 0 Å². The van der Waals surface area contributed by atoms with Crippen molar-refractivity contribution in [1.82, 2.24) is 10.0 Å². The zero-order valence-corrected chi connectivity index (χ0v) is 14.6. The van der Waals surface area contributed by atoms with Crippen molar-refractivity contribution < 1.29 is 27.2 Å². The minimum absolute atomic E-state index is 0.0684. The molecule has 2 N–H and O–H groups in total. The highest BCUT2D eigenvalue weighted by Crippen LogP contribution is 2.17. The highest BCUT2D eigenvalue weighted by atomic mass is 32.2. The Labute approximate surface area is 145 Å². The molecule has 1 heterocycles. The molecule has 1 amide bonds. The third-order valence-corrected chi connectivity index (χ3v) is 5.43. The van der Waals surface area contributed by atoms with Gasteiger partial charge in [-0.1, -0.05) is 13.8 Å². The van der Waals surface area contributed by atoms with E-state index in [9.17, 15) is 27.2 Å². The summed E-state index contributed by atoms with van der Waals surface area (Å²) < 4.78 is 40.1. The molecule has 9 heteroatoms. The van der Waals surface area contributed by atoms with E-state index in [-0.39, 0.29) is 23.8 Å². The Kier molecular flexibility index (Phi) is 5.69. The Hall–Kier alpha value is -2.13. The molecule has 0 radical (unpaired) electrons. The van der Waals surface area contributed by atoms with Crippen LogP contribution in [-0.4, -0.2) is 38.5 Å². The van der Waals surface area contributed by atoms with E-state index in [2.05, 4.69) is 10.0 Å². The number of carbonyl (C=O) groups excluding carboxylic acids is 3. The van der Waals surface area contributed by atoms with Crippen LogP contribution in [0.25, 0.3) is 0 Å². The molecular formula is C16H19FN2O5S. The van der Waals surface area contributed by atoms with Gasteiger partial charge in [0.2, 0.25) is 15.8 Å². The van der Waals surface area contributed by atoms with Gasteiger partial charge in [0, 0.05) is 13.0 Å². The molecule has 1 aromatic carbocycles. The van der Waals surface area contributed by atoms with Crippen LogP contribution in [0.15, 0.2) is 29.2 Å². The largest absolute Gasteiger partial charge is 0.349 e. The van der Waals surface area contributed by atoms with Crippen LogP contribution in [0.4, 0.5) is 4.39 Å². The van der Waals surface area contributed by atoms with Crippen LogP contribution in [0.2, 0.25) is 0 Å². The van der Waals surface area contributed by atoms with Gasteiger partial charge in [-0.25, -0.2) is 17.5 Å². The highest BCUT2D eigenvalue weighted by molar-refractivity contribution is 7.89. The normalized spacial score (nSPS) is 19.1. The fourth-order valence-electron chi connectivity index (χ4n) is 2.54. The third kappa shape index (κ3) is 4.49. The van der Waals surface area contributed by atoms with Crippen molar-refractivity contribution in [3.8, 4) is 0 Å². The number of ketones is 2. The van der Waals surface area contributed by atoms with Crippen molar-refractivity contribution in [2.24, 2.45) is 11.8 Å². The second-order valence-electron chi connectivity index (χ2n) is 6.24.